The molecule has 0 aliphatic heterocycles. The fourth-order valence-electron chi connectivity index (χ4n) is 2.51. The number of hydrogen-bond acceptors (Lipinski definition) is 1. The molecule has 1 aromatic rings. The molecule has 0 radical (unpaired) electrons. The fraction of sp³-hybridized carbons (Fsp3) is 0.538. The molecule has 4 heteroatoms. The Labute approximate surface area is 98.8 Å². The maximum Gasteiger partial charge on any atom is 0.416 e. The van der Waals surface area contributed by atoms with Crippen molar-refractivity contribution in [1.82, 2.24) is 0 Å². The van der Waals surface area contributed by atoms with Crippen molar-refractivity contribution in [2.75, 3.05) is 0 Å². The molecule has 0 spiro atoms. The second kappa shape index (κ2) is 4.69. The highest BCUT2D eigenvalue weighted by atomic mass is 19.4. The molecule has 1 aliphatic carbocycles. The van der Waals surface area contributed by atoms with Crippen LogP contribution in [0.2, 0.25) is 0 Å². The smallest absolute Gasteiger partial charge is 0.324 e. The zero-order chi connectivity index (χ0) is 12.5. The lowest BCUT2D eigenvalue weighted by Crippen LogP contribution is -2.19. The summed E-state index contributed by atoms with van der Waals surface area (Å²) in [5, 5.41) is 0. The van der Waals surface area contributed by atoms with E-state index >= 15 is 0 Å². The molecule has 0 bridgehead atoms. The minimum Gasteiger partial charge on any atom is -0.324 e. The third-order valence-electron chi connectivity index (χ3n) is 3.51. The summed E-state index contributed by atoms with van der Waals surface area (Å²) in [5.41, 5.74) is 6.04. The molecular weight excluding hydrogens is 227 g/mol. The first kappa shape index (κ1) is 12.4. The van der Waals surface area contributed by atoms with Crippen molar-refractivity contribution >= 4 is 0 Å². The van der Waals surface area contributed by atoms with E-state index in [0.717, 1.165) is 31.7 Å². The zero-order valence-corrected chi connectivity index (χ0v) is 9.50. The number of hydrogen-bond donors (Lipinski definition) is 1. The number of benzene rings is 1. The topological polar surface area (TPSA) is 26.0 Å². The van der Waals surface area contributed by atoms with E-state index in [-0.39, 0.29) is 6.04 Å². The second-order valence-corrected chi connectivity index (χ2v) is 4.69. The van der Waals surface area contributed by atoms with Crippen molar-refractivity contribution in [2.24, 2.45) is 11.7 Å². The van der Waals surface area contributed by atoms with E-state index in [1.54, 1.807) is 6.07 Å². The van der Waals surface area contributed by atoms with Gasteiger partial charge in [0, 0.05) is 6.04 Å². The summed E-state index contributed by atoms with van der Waals surface area (Å²) >= 11 is 0. The van der Waals surface area contributed by atoms with Gasteiger partial charge >= 0.3 is 6.18 Å². The fourth-order valence-corrected chi connectivity index (χ4v) is 2.51. The summed E-state index contributed by atoms with van der Waals surface area (Å²) in [6.07, 6.45) is 0.0366. The molecule has 17 heavy (non-hydrogen) atoms. The minimum absolute atomic E-state index is 0.264. The Morgan fingerprint density at radius 3 is 2.41 bits per heavy atom. The first-order valence-electron chi connectivity index (χ1n) is 5.91. The molecule has 1 aliphatic rings. The van der Waals surface area contributed by atoms with Crippen LogP contribution in [0.5, 0.6) is 0 Å². The van der Waals surface area contributed by atoms with Crippen molar-refractivity contribution in [1.29, 1.82) is 0 Å². The lowest BCUT2D eigenvalue weighted by Gasteiger charge is -2.20. The molecule has 0 aromatic heterocycles. The van der Waals surface area contributed by atoms with Gasteiger partial charge in [-0.25, -0.2) is 0 Å². The van der Waals surface area contributed by atoms with Gasteiger partial charge < -0.3 is 5.73 Å². The van der Waals surface area contributed by atoms with Crippen LogP contribution < -0.4 is 5.73 Å². The highest BCUT2D eigenvalue weighted by Gasteiger charge is 2.31. The van der Waals surface area contributed by atoms with Crippen LogP contribution in [-0.2, 0) is 6.18 Å². The van der Waals surface area contributed by atoms with Gasteiger partial charge in [0.2, 0.25) is 0 Å². The Kier molecular flexibility index (Phi) is 3.43. The summed E-state index contributed by atoms with van der Waals surface area (Å²) in [4.78, 5) is 0. The van der Waals surface area contributed by atoms with Gasteiger partial charge in [0.25, 0.3) is 0 Å². The first-order valence-corrected chi connectivity index (χ1v) is 5.91. The van der Waals surface area contributed by atoms with E-state index in [0.29, 0.717) is 11.5 Å². The minimum atomic E-state index is -4.29. The van der Waals surface area contributed by atoms with Crippen LogP contribution in [0.15, 0.2) is 24.3 Å². The highest BCUT2D eigenvalue weighted by molar-refractivity contribution is 5.28. The van der Waals surface area contributed by atoms with E-state index in [2.05, 4.69) is 0 Å². The van der Waals surface area contributed by atoms with Crippen LogP contribution in [0.3, 0.4) is 0 Å². The van der Waals surface area contributed by atoms with Gasteiger partial charge in [0.15, 0.2) is 0 Å². The SMILES string of the molecule is NC(c1cccc(C(F)(F)F)c1)C1CCCC1. The first-order chi connectivity index (χ1) is 7.98. The maximum absolute atomic E-state index is 12.6. The van der Waals surface area contributed by atoms with Crippen LogP contribution in [0.4, 0.5) is 13.2 Å². The van der Waals surface area contributed by atoms with Crippen LogP contribution in [0.25, 0.3) is 0 Å². The van der Waals surface area contributed by atoms with Gasteiger partial charge in [-0.1, -0.05) is 25.0 Å². The van der Waals surface area contributed by atoms with Crippen LogP contribution >= 0.6 is 0 Å². The van der Waals surface area contributed by atoms with E-state index in [4.69, 9.17) is 5.73 Å². The monoisotopic (exact) mass is 243 g/mol. The summed E-state index contributed by atoms with van der Waals surface area (Å²) in [6, 6.07) is 5.14. The van der Waals surface area contributed by atoms with Crippen LogP contribution in [-0.4, -0.2) is 0 Å². The predicted octanol–water partition coefficient (Wildman–Crippen LogP) is 3.90. The molecular formula is C13H16F3N. The van der Waals surface area contributed by atoms with Gasteiger partial charge in [-0.3, -0.25) is 0 Å². The Hall–Kier alpha value is -1.03. The average molecular weight is 243 g/mol. The maximum atomic E-state index is 12.6. The van der Waals surface area contributed by atoms with Crippen molar-refractivity contribution in [3.63, 3.8) is 0 Å². The molecule has 94 valence electrons. The summed E-state index contributed by atoms with van der Waals surface area (Å²) in [7, 11) is 0. The number of rotatable bonds is 2. The normalized spacial score (nSPS) is 19.5. The number of nitrogens with two attached hydrogens (primary N) is 1. The highest BCUT2D eigenvalue weighted by Crippen LogP contribution is 2.36. The van der Waals surface area contributed by atoms with Gasteiger partial charge in [0.1, 0.15) is 0 Å². The molecule has 1 fully saturated rings. The molecule has 1 aromatic carbocycles. The molecule has 1 nitrogen and oxygen atoms in total. The molecule has 1 unspecified atom stereocenters. The molecule has 2 N–H and O–H groups in total. The van der Waals surface area contributed by atoms with E-state index < -0.39 is 11.7 Å². The Morgan fingerprint density at radius 2 is 1.82 bits per heavy atom. The lowest BCUT2D eigenvalue weighted by molar-refractivity contribution is -0.137. The lowest BCUT2D eigenvalue weighted by atomic mass is 9.91. The van der Waals surface area contributed by atoms with Gasteiger partial charge in [-0.2, -0.15) is 13.2 Å². The van der Waals surface area contributed by atoms with E-state index in [9.17, 15) is 13.2 Å². The number of halogens is 3. The van der Waals surface area contributed by atoms with Gasteiger partial charge in [0.05, 0.1) is 5.56 Å². The largest absolute Gasteiger partial charge is 0.416 e. The predicted molar refractivity (Wildman–Crippen MR) is 60.3 cm³/mol. The molecule has 1 saturated carbocycles. The van der Waals surface area contributed by atoms with Crippen molar-refractivity contribution in [3.05, 3.63) is 35.4 Å². The summed E-state index contributed by atoms with van der Waals surface area (Å²) < 4.78 is 37.7. The zero-order valence-electron chi connectivity index (χ0n) is 9.50. The summed E-state index contributed by atoms with van der Waals surface area (Å²) in [5.74, 6) is 0.332. The van der Waals surface area contributed by atoms with E-state index in [1.807, 2.05) is 0 Å². The molecule has 2 rings (SSSR count). The Bertz CT molecular complexity index is 380. The number of alkyl halides is 3. The molecule has 1 atom stereocenters. The third kappa shape index (κ3) is 2.80. The quantitative estimate of drug-likeness (QED) is 0.837. The van der Waals surface area contributed by atoms with Gasteiger partial charge in [-0.05, 0) is 36.5 Å². The van der Waals surface area contributed by atoms with E-state index in [1.165, 1.54) is 12.1 Å². The molecule has 0 amide bonds. The average Bonchev–Trinajstić information content (AvgIpc) is 2.80. The van der Waals surface area contributed by atoms with Crippen LogP contribution in [0, 0.1) is 5.92 Å². The van der Waals surface area contributed by atoms with Crippen molar-refractivity contribution in [3.8, 4) is 0 Å². The Balaban J connectivity index is 2.20. The Morgan fingerprint density at radius 1 is 1.18 bits per heavy atom. The van der Waals surface area contributed by atoms with Crippen LogP contribution in [0.1, 0.15) is 42.9 Å². The second-order valence-electron chi connectivity index (χ2n) is 4.69. The third-order valence-corrected chi connectivity index (χ3v) is 3.51. The molecule has 0 saturated heterocycles. The molecule has 0 heterocycles. The standard InChI is InChI=1S/C13H16F3N/c14-13(15,16)11-7-3-6-10(8-11)12(17)9-4-1-2-5-9/h3,6-9,12H,1-2,4-5,17H2. The summed E-state index contributed by atoms with van der Waals surface area (Å²) in [6.45, 7) is 0. The van der Waals surface area contributed by atoms with Crippen molar-refractivity contribution in [2.45, 2.75) is 37.9 Å². The van der Waals surface area contributed by atoms with Crippen molar-refractivity contribution < 1.29 is 13.2 Å². The van der Waals surface area contributed by atoms with Gasteiger partial charge in [-0.15, -0.1) is 0 Å².